The van der Waals surface area contributed by atoms with Crippen LogP contribution in [-0.4, -0.2) is 47.1 Å². The first-order valence-electron chi connectivity index (χ1n) is 10.5. The summed E-state index contributed by atoms with van der Waals surface area (Å²) in [6.45, 7) is 1.80. The van der Waals surface area contributed by atoms with Crippen LogP contribution in [0.5, 0.6) is 0 Å². The second-order valence-electron chi connectivity index (χ2n) is 9.42. The van der Waals surface area contributed by atoms with Gasteiger partial charge in [-0.25, -0.2) is 5.48 Å². The van der Waals surface area contributed by atoms with E-state index in [2.05, 4.69) is 10.2 Å². The molecule has 0 bridgehead atoms. The van der Waals surface area contributed by atoms with Crippen LogP contribution in [0.25, 0.3) is 0 Å². The van der Waals surface area contributed by atoms with Gasteiger partial charge in [0, 0.05) is 25.6 Å². The third-order valence-electron chi connectivity index (χ3n) is 7.02. The number of hydroxylamine groups is 1. The lowest BCUT2D eigenvalue weighted by Gasteiger charge is -2.29. The third kappa shape index (κ3) is 4.39. The minimum Gasteiger partial charge on any atom is -0.352 e. The first-order chi connectivity index (χ1) is 12.6. The molecule has 0 aromatic carbocycles. The lowest BCUT2D eigenvalue weighted by molar-refractivity contribution is -0.130. The minimum absolute atomic E-state index is 0.0265. The fraction of sp³-hybridized carbons (Fsp3) is 0.900. The van der Waals surface area contributed by atoms with Crippen LogP contribution in [0.3, 0.4) is 0 Å². The summed E-state index contributed by atoms with van der Waals surface area (Å²) in [6, 6.07) is 0.371. The molecule has 1 unspecified atom stereocenters. The summed E-state index contributed by atoms with van der Waals surface area (Å²) in [5.41, 5.74) is 2.17. The van der Waals surface area contributed by atoms with E-state index in [4.69, 9.17) is 5.21 Å². The molecule has 4 aliphatic rings. The van der Waals surface area contributed by atoms with Gasteiger partial charge in [0.1, 0.15) is 0 Å². The van der Waals surface area contributed by atoms with Crippen LogP contribution in [0.15, 0.2) is 0 Å². The van der Waals surface area contributed by atoms with E-state index in [9.17, 15) is 9.59 Å². The molecule has 0 aromatic rings. The van der Waals surface area contributed by atoms with Crippen LogP contribution in [0.2, 0.25) is 0 Å². The van der Waals surface area contributed by atoms with E-state index in [0.29, 0.717) is 23.8 Å². The Morgan fingerprint density at radius 3 is 2.50 bits per heavy atom. The van der Waals surface area contributed by atoms with Crippen LogP contribution in [0.4, 0.5) is 0 Å². The topological polar surface area (TPSA) is 81.7 Å². The van der Waals surface area contributed by atoms with Crippen molar-refractivity contribution in [3.63, 3.8) is 0 Å². The smallest absolute Gasteiger partial charge is 0.243 e. The summed E-state index contributed by atoms with van der Waals surface area (Å²) < 4.78 is 0. The molecule has 3 aliphatic carbocycles. The van der Waals surface area contributed by atoms with Gasteiger partial charge in [0.15, 0.2) is 0 Å². The number of rotatable bonds is 8. The van der Waals surface area contributed by atoms with Crippen molar-refractivity contribution in [2.75, 3.05) is 13.1 Å². The SMILES string of the molecule is O=C(CC(CC1CCCC1)CN1CC2(CC2)C[C@H]1C(=O)NC1CC1)NO. The molecule has 4 fully saturated rings. The number of nitrogens with zero attached hydrogens (tertiary/aromatic N) is 1. The zero-order valence-electron chi connectivity index (χ0n) is 15.7. The van der Waals surface area contributed by atoms with E-state index < -0.39 is 0 Å². The molecule has 0 aromatic heterocycles. The Kier molecular flexibility index (Phi) is 5.24. The summed E-state index contributed by atoms with van der Waals surface area (Å²) in [5, 5.41) is 12.2. The maximum absolute atomic E-state index is 12.8. The maximum atomic E-state index is 12.8. The Labute approximate surface area is 156 Å². The Bertz CT molecular complexity index is 538. The predicted molar refractivity (Wildman–Crippen MR) is 97.4 cm³/mol. The molecule has 2 amide bonds. The molecule has 2 atom stereocenters. The highest BCUT2D eigenvalue weighted by Gasteiger charge is 2.54. The second-order valence-corrected chi connectivity index (χ2v) is 9.42. The molecule has 1 heterocycles. The monoisotopic (exact) mass is 363 g/mol. The van der Waals surface area contributed by atoms with Gasteiger partial charge in [-0.1, -0.05) is 25.7 Å². The van der Waals surface area contributed by atoms with Crippen molar-refractivity contribution in [2.45, 2.75) is 82.7 Å². The number of likely N-dealkylation sites (tertiary alicyclic amines) is 1. The Balaban J connectivity index is 1.40. The second kappa shape index (κ2) is 7.47. The molecule has 6 nitrogen and oxygen atoms in total. The molecule has 4 rings (SSSR count). The highest BCUT2D eigenvalue weighted by molar-refractivity contribution is 5.83. The molecule has 1 aliphatic heterocycles. The average Bonchev–Trinajstić information content (AvgIpc) is 3.48. The number of hydrogen-bond acceptors (Lipinski definition) is 4. The average molecular weight is 364 g/mol. The van der Waals surface area contributed by atoms with Crippen LogP contribution < -0.4 is 10.8 Å². The largest absolute Gasteiger partial charge is 0.352 e. The molecule has 1 spiro atoms. The fourth-order valence-electron chi connectivity index (χ4n) is 5.24. The Hall–Kier alpha value is -1.14. The van der Waals surface area contributed by atoms with Gasteiger partial charge in [0.05, 0.1) is 6.04 Å². The van der Waals surface area contributed by atoms with Gasteiger partial charge in [-0.15, -0.1) is 0 Å². The number of amides is 2. The molecule has 146 valence electrons. The highest BCUT2D eigenvalue weighted by Crippen LogP contribution is 2.55. The van der Waals surface area contributed by atoms with Crippen molar-refractivity contribution in [3.05, 3.63) is 0 Å². The first-order valence-corrected chi connectivity index (χ1v) is 10.5. The van der Waals surface area contributed by atoms with E-state index in [1.165, 1.54) is 38.5 Å². The minimum atomic E-state index is -0.299. The van der Waals surface area contributed by atoms with Gasteiger partial charge in [0.2, 0.25) is 11.8 Å². The normalized spacial score (nSPS) is 29.0. The van der Waals surface area contributed by atoms with E-state index in [1.54, 1.807) is 5.48 Å². The molecule has 0 radical (unpaired) electrons. The van der Waals surface area contributed by atoms with Crippen molar-refractivity contribution in [1.82, 2.24) is 15.7 Å². The number of nitrogens with one attached hydrogen (secondary N) is 2. The van der Waals surface area contributed by atoms with Crippen molar-refractivity contribution < 1.29 is 14.8 Å². The van der Waals surface area contributed by atoms with Crippen molar-refractivity contribution in [2.24, 2.45) is 17.3 Å². The molecule has 1 saturated heterocycles. The van der Waals surface area contributed by atoms with Gasteiger partial charge >= 0.3 is 0 Å². The van der Waals surface area contributed by atoms with Crippen molar-refractivity contribution >= 4 is 11.8 Å². The van der Waals surface area contributed by atoms with Gasteiger partial charge in [-0.2, -0.15) is 0 Å². The molecule has 3 saturated carbocycles. The van der Waals surface area contributed by atoms with Crippen LogP contribution in [-0.2, 0) is 9.59 Å². The van der Waals surface area contributed by atoms with Crippen molar-refractivity contribution in [1.29, 1.82) is 0 Å². The quantitative estimate of drug-likeness (QED) is 0.456. The van der Waals surface area contributed by atoms with Crippen LogP contribution in [0.1, 0.15) is 70.6 Å². The van der Waals surface area contributed by atoms with Crippen LogP contribution in [0, 0.1) is 17.3 Å². The van der Waals surface area contributed by atoms with E-state index in [1.807, 2.05) is 0 Å². The zero-order chi connectivity index (χ0) is 18.1. The number of carbonyl (C=O) groups excluding carboxylic acids is 2. The summed E-state index contributed by atoms with van der Waals surface area (Å²) in [4.78, 5) is 26.9. The molecule has 3 N–H and O–H groups in total. The first kappa shape index (κ1) is 18.2. The van der Waals surface area contributed by atoms with E-state index in [0.717, 1.165) is 38.8 Å². The summed E-state index contributed by atoms with van der Waals surface area (Å²) in [5.74, 6) is 0.813. The lowest BCUT2D eigenvalue weighted by Crippen LogP contribution is -2.46. The van der Waals surface area contributed by atoms with E-state index >= 15 is 0 Å². The zero-order valence-corrected chi connectivity index (χ0v) is 15.7. The van der Waals surface area contributed by atoms with Gasteiger partial charge in [0.25, 0.3) is 0 Å². The van der Waals surface area contributed by atoms with Gasteiger partial charge in [-0.05, 0) is 55.8 Å². The standard InChI is InChI=1S/C20H33N3O3/c24-18(22-26)10-15(9-14-3-1-2-4-14)12-23-13-20(7-8-20)11-17(23)19(25)21-16-5-6-16/h14-17,26H,1-13H2,(H,21,25)(H,22,24)/t15?,17-/m0/s1. The summed E-state index contributed by atoms with van der Waals surface area (Å²) in [7, 11) is 0. The molecule has 6 heteroatoms. The number of carbonyl (C=O) groups is 2. The summed E-state index contributed by atoms with van der Waals surface area (Å²) in [6.07, 6.45) is 12.2. The van der Waals surface area contributed by atoms with Crippen molar-refractivity contribution in [3.8, 4) is 0 Å². The van der Waals surface area contributed by atoms with Crippen LogP contribution >= 0.6 is 0 Å². The van der Waals surface area contributed by atoms with Gasteiger partial charge < -0.3 is 5.32 Å². The summed E-state index contributed by atoms with van der Waals surface area (Å²) >= 11 is 0. The maximum Gasteiger partial charge on any atom is 0.243 e. The molecular weight excluding hydrogens is 330 g/mol. The third-order valence-corrected chi connectivity index (χ3v) is 7.02. The fourth-order valence-corrected chi connectivity index (χ4v) is 5.24. The molecule has 26 heavy (non-hydrogen) atoms. The predicted octanol–water partition coefficient (Wildman–Crippen LogP) is 2.21. The molecular formula is C20H33N3O3. The van der Waals surface area contributed by atoms with Gasteiger partial charge in [-0.3, -0.25) is 19.7 Å². The number of hydrogen-bond donors (Lipinski definition) is 3. The highest BCUT2D eigenvalue weighted by atomic mass is 16.5. The van der Waals surface area contributed by atoms with E-state index in [-0.39, 0.29) is 23.8 Å². The Morgan fingerprint density at radius 1 is 1.15 bits per heavy atom. The lowest BCUT2D eigenvalue weighted by atomic mass is 9.90. The Morgan fingerprint density at radius 2 is 1.88 bits per heavy atom.